The lowest BCUT2D eigenvalue weighted by Crippen LogP contribution is -2.00. The molecule has 1 fully saturated rings. The Bertz CT molecular complexity index is 802. The van der Waals surface area contributed by atoms with Gasteiger partial charge in [0.25, 0.3) is 11.1 Å². The molecule has 0 N–H and O–H groups in total. The van der Waals surface area contributed by atoms with Gasteiger partial charge in [0, 0.05) is 13.0 Å². The van der Waals surface area contributed by atoms with E-state index in [9.17, 15) is 0 Å². The Kier molecular flexibility index (Phi) is 3.50. The van der Waals surface area contributed by atoms with E-state index in [0.717, 1.165) is 22.1 Å². The summed E-state index contributed by atoms with van der Waals surface area (Å²) >= 11 is 3.11. The number of hydrogen-bond acceptors (Lipinski definition) is 7. The molecule has 0 aliphatic heterocycles. The molecular weight excluding hydrogens is 318 g/mol. The average Bonchev–Trinajstić information content (AvgIpc) is 2.92. The average molecular weight is 333 g/mol. The van der Waals surface area contributed by atoms with Crippen LogP contribution in [0.4, 0.5) is 0 Å². The van der Waals surface area contributed by atoms with Crippen LogP contribution < -0.4 is 0 Å². The minimum Gasteiger partial charge on any atom is -0.410 e. The third kappa shape index (κ3) is 2.56. The smallest absolute Gasteiger partial charge is 0.277 e. The van der Waals surface area contributed by atoms with Crippen LogP contribution in [0.3, 0.4) is 0 Å². The van der Waals surface area contributed by atoms with Crippen LogP contribution in [-0.4, -0.2) is 25.0 Å². The van der Waals surface area contributed by atoms with Crippen molar-refractivity contribution >= 4 is 23.1 Å². The molecule has 0 bridgehead atoms. The first-order valence-electron chi connectivity index (χ1n) is 7.11. The summed E-state index contributed by atoms with van der Waals surface area (Å²) in [5.74, 6) is 3.91. The summed E-state index contributed by atoms with van der Waals surface area (Å²) in [6, 6.07) is 2.05. The highest BCUT2D eigenvalue weighted by atomic mass is 32.2. The fourth-order valence-electron chi connectivity index (χ4n) is 2.28. The first-order chi connectivity index (χ1) is 10.7. The topological polar surface area (TPSA) is 69.6 Å². The molecule has 3 aromatic rings. The summed E-state index contributed by atoms with van der Waals surface area (Å²) in [4.78, 5) is 1.04. The zero-order chi connectivity index (χ0) is 15.1. The number of nitrogens with zero attached hydrogens (tertiary/aromatic N) is 5. The number of aryl methyl sites for hydroxylation is 1. The molecule has 1 aliphatic rings. The Balaban J connectivity index is 1.46. The largest absolute Gasteiger partial charge is 0.410 e. The fraction of sp³-hybridized carbons (Fsp3) is 0.429. The third-order valence-corrected chi connectivity index (χ3v) is 5.55. The van der Waals surface area contributed by atoms with E-state index in [1.165, 1.54) is 24.6 Å². The van der Waals surface area contributed by atoms with Gasteiger partial charge in [-0.25, -0.2) is 0 Å². The van der Waals surface area contributed by atoms with Crippen LogP contribution in [0.15, 0.2) is 21.1 Å². The molecule has 0 amide bonds. The van der Waals surface area contributed by atoms with E-state index >= 15 is 0 Å². The monoisotopic (exact) mass is 333 g/mol. The standard InChI is InChI=1S/C14H15N5OS2/c1-8-5-6-21-11(8)13-17-18-14(20-13)22-7-10-15-16-12(19(10)2)9-3-4-9/h5-6,9H,3-4,7H2,1-2H3. The molecule has 1 saturated carbocycles. The van der Waals surface area contributed by atoms with Crippen molar-refractivity contribution in [3.8, 4) is 10.8 Å². The van der Waals surface area contributed by atoms with E-state index in [0.29, 0.717) is 22.8 Å². The van der Waals surface area contributed by atoms with Crippen molar-refractivity contribution in [3.05, 3.63) is 28.7 Å². The Morgan fingerprint density at radius 3 is 2.91 bits per heavy atom. The molecular formula is C14H15N5OS2. The maximum Gasteiger partial charge on any atom is 0.277 e. The minimum absolute atomic E-state index is 0.568. The first kappa shape index (κ1) is 14.0. The van der Waals surface area contributed by atoms with Crippen molar-refractivity contribution in [2.45, 2.75) is 36.7 Å². The summed E-state index contributed by atoms with van der Waals surface area (Å²) in [5, 5.41) is 19.4. The summed E-state index contributed by atoms with van der Waals surface area (Å²) in [6.45, 7) is 2.04. The maximum atomic E-state index is 5.73. The van der Waals surface area contributed by atoms with Gasteiger partial charge in [0.05, 0.1) is 10.6 Å². The summed E-state index contributed by atoms with van der Waals surface area (Å²) < 4.78 is 7.82. The second-order valence-electron chi connectivity index (χ2n) is 5.40. The van der Waals surface area contributed by atoms with Gasteiger partial charge in [-0.1, -0.05) is 11.8 Å². The molecule has 0 aromatic carbocycles. The zero-order valence-corrected chi connectivity index (χ0v) is 13.9. The van der Waals surface area contributed by atoms with Crippen LogP contribution in [0.25, 0.3) is 10.8 Å². The van der Waals surface area contributed by atoms with Crippen molar-refractivity contribution in [2.75, 3.05) is 0 Å². The number of rotatable bonds is 5. The van der Waals surface area contributed by atoms with Crippen LogP contribution >= 0.6 is 23.1 Å². The highest BCUT2D eigenvalue weighted by molar-refractivity contribution is 7.98. The van der Waals surface area contributed by atoms with E-state index in [-0.39, 0.29) is 0 Å². The van der Waals surface area contributed by atoms with E-state index in [4.69, 9.17) is 4.42 Å². The molecule has 1 aliphatic carbocycles. The van der Waals surface area contributed by atoms with Gasteiger partial charge in [-0.05, 0) is 36.8 Å². The van der Waals surface area contributed by atoms with Gasteiger partial charge in [-0.2, -0.15) is 0 Å². The molecule has 3 heterocycles. The van der Waals surface area contributed by atoms with Gasteiger partial charge in [-0.15, -0.1) is 31.7 Å². The Morgan fingerprint density at radius 1 is 1.32 bits per heavy atom. The van der Waals surface area contributed by atoms with E-state index < -0.39 is 0 Å². The number of hydrogen-bond donors (Lipinski definition) is 0. The summed E-state index contributed by atoms with van der Waals surface area (Å²) in [5.41, 5.74) is 1.16. The molecule has 114 valence electrons. The molecule has 0 spiro atoms. The maximum absolute atomic E-state index is 5.73. The van der Waals surface area contributed by atoms with Crippen LogP contribution in [0, 0.1) is 6.92 Å². The van der Waals surface area contributed by atoms with E-state index in [1.54, 1.807) is 11.3 Å². The number of thiophene rings is 1. The Hall–Kier alpha value is -1.67. The van der Waals surface area contributed by atoms with Crippen molar-refractivity contribution < 1.29 is 4.42 Å². The lowest BCUT2D eigenvalue weighted by atomic mass is 10.3. The normalized spacial score (nSPS) is 14.6. The third-order valence-electron chi connectivity index (χ3n) is 3.73. The number of thioether (sulfide) groups is 1. The summed E-state index contributed by atoms with van der Waals surface area (Å²) in [6.07, 6.45) is 2.46. The summed E-state index contributed by atoms with van der Waals surface area (Å²) in [7, 11) is 2.03. The van der Waals surface area contributed by atoms with Crippen LogP contribution in [-0.2, 0) is 12.8 Å². The van der Waals surface area contributed by atoms with Gasteiger partial charge < -0.3 is 8.98 Å². The van der Waals surface area contributed by atoms with Crippen molar-refractivity contribution in [3.63, 3.8) is 0 Å². The lowest BCUT2D eigenvalue weighted by molar-refractivity contribution is 0.466. The van der Waals surface area contributed by atoms with Gasteiger partial charge in [0.15, 0.2) is 0 Å². The molecule has 22 heavy (non-hydrogen) atoms. The second kappa shape index (κ2) is 5.51. The van der Waals surface area contributed by atoms with Crippen molar-refractivity contribution in [2.24, 2.45) is 7.05 Å². The molecule has 4 rings (SSSR count). The molecule has 0 unspecified atom stereocenters. The quantitative estimate of drug-likeness (QED) is 0.667. The molecule has 6 nitrogen and oxygen atoms in total. The second-order valence-corrected chi connectivity index (χ2v) is 7.24. The number of aromatic nitrogens is 5. The van der Waals surface area contributed by atoms with Crippen LogP contribution in [0.1, 0.15) is 36.0 Å². The molecule has 0 atom stereocenters. The van der Waals surface area contributed by atoms with Crippen molar-refractivity contribution in [1.29, 1.82) is 0 Å². The van der Waals surface area contributed by atoms with Gasteiger partial charge in [0.1, 0.15) is 11.6 Å². The molecule has 0 radical (unpaired) electrons. The van der Waals surface area contributed by atoms with Gasteiger partial charge in [0.2, 0.25) is 0 Å². The Morgan fingerprint density at radius 2 is 2.18 bits per heavy atom. The van der Waals surface area contributed by atoms with E-state index in [1.807, 2.05) is 19.4 Å². The first-order valence-corrected chi connectivity index (χ1v) is 8.98. The van der Waals surface area contributed by atoms with Crippen LogP contribution in [0.5, 0.6) is 0 Å². The highest BCUT2D eigenvalue weighted by Crippen LogP contribution is 2.39. The predicted octanol–water partition coefficient (Wildman–Crippen LogP) is 3.40. The fourth-order valence-corrected chi connectivity index (χ4v) is 3.86. The van der Waals surface area contributed by atoms with Gasteiger partial charge in [-0.3, -0.25) is 0 Å². The van der Waals surface area contributed by atoms with Crippen LogP contribution in [0.2, 0.25) is 0 Å². The molecule has 3 aromatic heterocycles. The highest BCUT2D eigenvalue weighted by Gasteiger charge is 2.29. The zero-order valence-electron chi connectivity index (χ0n) is 12.3. The lowest BCUT2D eigenvalue weighted by Gasteiger charge is -2.00. The molecule has 8 heteroatoms. The minimum atomic E-state index is 0.568. The Labute approximate surface area is 136 Å². The predicted molar refractivity (Wildman–Crippen MR) is 84.9 cm³/mol. The molecule has 0 saturated heterocycles. The van der Waals surface area contributed by atoms with Gasteiger partial charge >= 0.3 is 0 Å². The van der Waals surface area contributed by atoms with Crippen molar-refractivity contribution in [1.82, 2.24) is 25.0 Å². The van der Waals surface area contributed by atoms with E-state index in [2.05, 4.69) is 31.0 Å². The SMILES string of the molecule is Cc1ccsc1-c1nnc(SCc2nnc(C3CC3)n2C)o1.